The average Bonchev–Trinajstić information content (AvgIpc) is 3.49. The average molecular weight is 505 g/mol. The number of benzene rings is 1. The molecule has 0 bridgehead atoms. The lowest BCUT2D eigenvalue weighted by Crippen LogP contribution is -2.44. The summed E-state index contributed by atoms with van der Waals surface area (Å²) < 4.78 is 11.3. The molecule has 2 aliphatic carbocycles. The molecular weight excluding hydrogens is 464 g/mol. The van der Waals surface area contributed by atoms with Crippen LogP contribution in [-0.4, -0.2) is 34.7 Å². The minimum absolute atomic E-state index is 0.205. The third kappa shape index (κ3) is 5.83. The van der Waals surface area contributed by atoms with Gasteiger partial charge in [0.15, 0.2) is 0 Å². The number of hydrogen-bond donors (Lipinski definition) is 0. The molecule has 0 unspecified atom stereocenters. The van der Waals surface area contributed by atoms with Gasteiger partial charge in [-0.1, -0.05) is 62.3 Å². The lowest BCUT2D eigenvalue weighted by atomic mass is 9.67. The lowest BCUT2D eigenvalue weighted by Gasteiger charge is -2.38. The van der Waals surface area contributed by atoms with Crippen molar-refractivity contribution in [3.8, 4) is 0 Å². The summed E-state index contributed by atoms with van der Waals surface area (Å²) in [7, 11) is 0. The van der Waals surface area contributed by atoms with E-state index in [1.165, 1.54) is 16.9 Å². The van der Waals surface area contributed by atoms with Crippen molar-refractivity contribution in [3.05, 3.63) is 65.6 Å². The van der Waals surface area contributed by atoms with E-state index in [1.54, 1.807) is 6.08 Å². The molecule has 37 heavy (non-hydrogen) atoms. The summed E-state index contributed by atoms with van der Waals surface area (Å²) >= 11 is 0. The Hall–Kier alpha value is -2.89. The molecule has 1 aromatic carbocycles. The van der Waals surface area contributed by atoms with E-state index in [0.717, 1.165) is 48.6 Å². The molecule has 0 spiro atoms. The summed E-state index contributed by atoms with van der Waals surface area (Å²) in [5.41, 5.74) is 3.55. The molecule has 3 aliphatic rings. The molecule has 3 fully saturated rings. The first-order valence-electron chi connectivity index (χ1n) is 13.9. The van der Waals surface area contributed by atoms with Gasteiger partial charge in [-0.05, 0) is 67.8 Å². The minimum atomic E-state index is -0.553. The summed E-state index contributed by atoms with van der Waals surface area (Å²) in [6, 6.07) is 9.61. The van der Waals surface area contributed by atoms with Crippen LogP contribution in [0.4, 0.5) is 4.79 Å². The van der Waals surface area contributed by atoms with Crippen molar-refractivity contribution in [2.75, 3.05) is 6.61 Å². The third-order valence-electron chi connectivity index (χ3n) is 8.08. The van der Waals surface area contributed by atoms with E-state index in [0.29, 0.717) is 36.5 Å². The van der Waals surface area contributed by atoms with Gasteiger partial charge in [-0.25, -0.2) is 9.69 Å². The first kappa shape index (κ1) is 25.7. The van der Waals surface area contributed by atoms with Gasteiger partial charge >= 0.3 is 6.09 Å². The first-order valence-corrected chi connectivity index (χ1v) is 13.9. The molecule has 2 heterocycles. The molecule has 2 atom stereocenters. The fourth-order valence-corrected chi connectivity index (χ4v) is 6.25. The topological polar surface area (TPSA) is 72.6 Å². The van der Waals surface area contributed by atoms with Gasteiger partial charge in [0, 0.05) is 23.8 Å². The van der Waals surface area contributed by atoms with E-state index in [1.807, 2.05) is 30.3 Å². The summed E-state index contributed by atoms with van der Waals surface area (Å²) in [5, 5.41) is 4.52. The van der Waals surface area contributed by atoms with Crippen LogP contribution in [0.1, 0.15) is 93.7 Å². The predicted molar refractivity (Wildman–Crippen MR) is 142 cm³/mol. The zero-order chi connectivity index (χ0) is 26.2. The minimum Gasteiger partial charge on any atom is -0.447 e. The van der Waals surface area contributed by atoms with Crippen LogP contribution < -0.4 is 0 Å². The Balaban J connectivity index is 1.31. The molecule has 6 heteroatoms. The molecule has 0 radical (unpaired) electrons. The zero-order valence-electron chi connectivity index (χ0n) is 22.4. The molecule has 1 saturated heterocycles. The second-order valence-electron chi connectivity index (χ2n) is 12.5. The largest absolute Gasteiger partial charge is 0.447 e. The normalized spacial score (nSPS) is 24.5. The number of carbonyl (C=O) groups excluding carboxylic acids is 2. The number of imide groups is 1. The van der Waals surface area contributed by atoms with E-state index < -0.39 is 12.0 Å². The fourth-order valence-electron chi connectivity index (χ4n) is 6.25. The molecule has 2 saturated carbocycles. The fraction of sp³-hybridized carbons (Fsp3) is 0.581. The van der Waals surface area contributed by atoms with Gasteiger partial charge in [0.2, 0.25) is 5.91 Å². The Kier molecular flexibility index (Phi) is 7.28. The number of amides is 2. The first-order chi connectivity index (χ1) is 17.7. The number of aromatic nitrogens is 1. The van der Waals surface area contributed by atoms with Crippen molar-refractivity contribution < 1.29 is 18.8 Å². The van der Waals surface area contributed by atoms with E-state index in [-0.39, 0.29) is 18.6 Å². The monoisotopic (exact) mass is 504 g/mol. The van der Waals surface area contributed by atoms with Crippen LogP contribution >= 0.6 is 0 Å². The highest BCUT2D eigenvalue weighted by Crippen LogP contribution is 2.52. The Morgan fingerprint density at radius 1 is 1.19 bits per heavy atom. The quantitative estimate of drug-likeness (QED) is 0.333. The predicted octanol–water partition coefficient (Wildman–Crippen LogP) is 6.81. The van der Waals surface area contributed by atoms with Crippen LogP contribution in [0, 0.1) is 17.3 Å². The van der Waals surface area contributed by atoms with Gasteiger partial charge < -0.3 is 9.26 Å². The summed E-state index contributed by atoms with van der Waals surface area (Å²) in [5.74, 6) is 2.08. The molecular formula is C31H40N2O4. The molecule has 0 N–H and O–H groups in total. The van der Waals surface area contributed by atoms with Gasteiger partial charge in [-0.2, -0.15) is 0 Å². The van der Waals surface area contributed by atoms with Gasteiger partial charge in [0.25, 0.3) is 0 Å². The SMILES string of the molecule is C=CC[C@@H](Cc1noc([C@H]2C[C@@H](CC(C)(C)C)C2)c1C1CC1)C(=O)N1C(=O)OC[C@@H]1Cc1ccccc1. The molecule has 198 valence electrons. The van der Waals surface area contributed by atoms with E-state index in [2.05, 4.69) is 32.5 Å². The summed E-state index contributed by atoms with van der Waals surface area (Å²) in [6.45, 7) is 11.0. The maximum atomic E-state index is 13.8. The van der Waals surface area contributed by atoms with Crippen molar-refractivity contribution in [2.45, 2.75) is 90.0 Å². The smallest absolute Gasteiger partial charge is 0.416 e. The highest BCUT2D eigenvalue weighted by molar-refractivity contribution is 5.95. The van der Waals surface area contributed by atoms with Crippen LogP contribution in [0.5, 0.6) is 0 Å². The number of cyclic esters (lactones) is 1. The number of carbonyl (C=O) groups is 2. The van der Waals surface area contributed by atoms with Crippen molar-refractivity contribution in [1.82, 2.24) is 10.1 Å². The number of rotatable bonds is 10. The van der Waals surface area contributed by atoms with Crippen molar-refractivity contribution in [3.63, 3.8) is 0 Å². The molecule has 1 aromatic heterocycles. The van der Waals surface area contributed by atoms with E-state index >= 15 is 0 Å². The maximum Gasteiger partial charge on any atom is 0.416 e. The zero-order valence-corrected chi connectivity index (χ0v) is 22.4. The Labute approximate surface area is 220 Å². The summed E-state index contributed by atoms with van der Waals surface area (Å²) in [4.78, 5) is 27.7. The standard InChI is InChI=1S/C31H40N2O4/c1-5-9-23(29(34)33-25(19-36-30(33)35)16-20-10-7-6-8-11-20)17-26-27(22-12-13-22)28(37-32-26)24-14-21(15-24)18-31(2,3)4/h5-8,10-11,21-25H,1,9,12-19H2,2-4H3/t21-,23-,24+,25-/m0/s1. The van der Waals surface area contributed by atoms with Gasteiger partial charge in [-0.3, -0.25) is 4.79 Å². The van der Waals surface area contributed by atoms with Crippen molar-refractivity contribution >= 4 is 12.0 Å². The Morgan fingerprint density at radius 2 is 1.92 bits per heavy atom. The second kappa shape index (κ2) is 10.5. The molecule has 2 aromatic rings. The Morgan fingerprint density at radius 3 is 2.57 bits per heavy atom. The second-order valence-corrected chi connectivity index (χ2v) is 12.5. The van der Waals surface area contributed by atoms with Gasteiger partial charge in [-0.15, -0.1) is 6.58 Å². The van der Waals surface area contributed by atoms with Crippen LogP contribution in [0.2, 0.25) is 0 Å². The van der Waals surface area contributed by atoms with Gasteiger partial charge in [0.05, 0.1) is 11.7 Å². The van der Waals surface area contributed by atoms with Crippen LogP contribution in [-0.2, 0) is 22.4 Å². The third-order valence-corrected chi connectivity index (χ3v) is 8.08. The van der Waals surface area contributed by atoms with Crippen molar-refractivity contribution in [1.29, 1.82) is 0 Å². The van der Waals surface area contributed by atoms with Crippen LogP contribution in [0.25, 0.3) is 0 Å². The maximum absolute atomic E-state index is 13.8. The van der Waals surface area contributed by atoms with E-state index in [9.17, 15) is 9.59 Å². The number of allylic oxidation sites excluding steroid dienone is 1. The number of ether oxygens (including phenoxy) is 1. The number of nitrogens with zero attached hydrogens (tertiary/aromatic N) is 2. The van der Waals surface area contributed by atoms with Gasteiger partial charge in [0.1, 0.15) is 12.4 Å². The van der Waals surface area contributed by atoms with Crippen LogP contribution in [0.15, 0.2) is 47.5 Å². The lowest BCUT2D eigenvalue weighted by molar-refractivity contribution is -0.133. The molecule has 2 amide bonds. The summed E-state index contributed by atoms with van der Waals surface area (Å²) in [6.07, 6.45) is 8.56. The highest BCUT2D eigenvalue weighted by Gasteiger charge is 2.44. The molecule has 6 nitrogen and oxygen atoms in total. The molecule has 1 aliphatic heterocycles. The van der Waals surface area contributed by atoms with E-state index in [4.69, 9.17) is 9.26 Å². The number of hydrogen-bond acceptors (Lipinski definition) is 5. The highest BCUT2D eigenvalue weighted by atomic mass is 16.6. The Bertz CT molecular complexity index is 1120. The van der Waals surface area contributed by atoms with Crippen LogP contribution in [0.3, 0.4) is 0 Å². The molecule has 5 rings (SSSR count). The van der Waals surface area contributed by atoms with Crippen molar-refractivity contribution in [2.24, 2.45) is 17.3 Å².